The Morgan fingerprint density at radius 3 is 1.22 bits per heavy atom. The van der Waals surface area contributed by atoms with Gasteiger partial charge in [0, 0.05) is 123 Å². The van der Waals surface area contributed by atoms with Crippen LogP contribution in [-0.2, 0) is 0 Å². The minimum absolute atomic E-state index is 0.516. The summed E-state index contributed by atoms with van der Waals surface area (Å²) < 4.78 is 20.8. The number of fused-ring (bicyclic) bond motifs is 15. The fourth-order valence-electron chi connectivity index (χ4n) is 15.8. The molecule has 0 bridgehead atoms. The largest absolute Gasteiger partial charge is 0.456 e. The second-order valence-electron chi connectivity index (χ2n) is 28.1. The van der Waals surface area contributed by atoms with Crippen LogP contribution in [0, 0.1) is 0 Å². The van der Waals surface area contributed by atoms with E-state index in [1.807, 2.05) is 115 Å². The van der Waals surface area contributed by atoms with Gasteiger partial charge >= 0.3 is 0 Å². The smallest absolute Gasteiger partial charge is 0.164 e. The van der Waals surface area contributed by atoms with Crippen LogP contribution in [-0.4, -0.2) is 49.8 Å². The fraction of sp³-hybridized carbons (Fsp3) is 0. The highest BCUT2D eigenvalue weighted by molar-refractivity contribution is 7.27. The number of benzene rings is 14. The number of nitrogens with zero attached hydrogens (tertiary/aromatic N) is 10. The molecule has 0 aliphatic carbocycles. The molecule has 9 aromatic heterocycles. The van der Waals surface area contributed by atoms with Crippen molar-refractivity contribution in [2.45, 2.75) is 0 Å². The summed E-state index contributed by atoms with van der Waals surface area (Å²) in [7, 11) is 0. The number of aromatic nitrogens is 10. The van der Waals surface area contributed by atoms with Crippen LogP contribution in [0.2, 0.25) is 0 Å². The van der Waals surface area contributed by atoms with Gasteiger partial charge in [-0.25, -0.2) is 49.8 Å². The van der Waals surface area contributed by atoms with Gasteiger partial charge in [-0.05, 0) is 95.6 Å². The molecule has 526 valence electrons. The summed E-state index contributed by atoms with van der Waals surface area (Å²) in [6.07, 6.45) is 0. The predicted octanol–water partition coefficient (Wildman–Crippen LogP) is 26.5. The maximum atomic E-state index is 7.40. The Balaban J connectivity index is 0.660. The lowest BCUT2D eigenvalue weighted by Gasteiger charge is -2.11. The molecular weight excluding hydrogens is 1450 g/mol. The highest BCUT2D eigenvalue weighted by atomic mass is 32.1. The number of thiophene rings is 3. The van der Waals surface area contributed by atoms with E-state index in [0.717, 1.165) is 172 Å². The van der Waals surface area contributed by atoms with Crippen LogP contribution < -0.4 is 0 Å². The van der Waals surface area contributed by atoms with Crippen molar-refractivity contribution in [2.24, 2.45) is 0 Å². The summed E-state index contributed by atoms with van der Waals surface area (Å²) in [5.74, 6) is 4.56. The van der Waals surface area contributed by atoms with E-state index < -0.39 is 0 Å². The summed E-state index contributed by atoms with van der Waals surface area (Å²) >= 11 is 5.21. The lowest BCUT2D eigenvalue weighted by Crippen LogP contribution is -2.00. The Labute approximate surface area is 656 Å². The monoisotopic (exact) mass is 1500 g/mol. The summed E-state index contributed by atoms with van der Waals surface area (Å²) in [6, 6.07) is 113. The molecule has 0 saturated heterocycles. The molecule has 0 aliphatic rings. The van der Waals surface area contributed by atoms with E-state index in [1.165, 1.54) is 0 Å². The molecule has 14 aromatic carbocycles. The van der Waals surface area contributed by atoms with Crippen molar-refractivity contribution in [1.82, 2.24) is 49.8 Å². The Hall–Kier alpha value is -14.5. The predicted molar refractivity (Wildman–Crippen MR) is 463 cm³/mol. The molecule has 0 saturated carbocycles. The standard InChI is InChI=1S/C98H54N10O2S3/c1-6-22-55(23-7-1)60-32-20-33-63(50-60)96-104-93(59-30-14-5-15-31-59)107-98(108-96)73-48-47-66(88-83(73)69-46-42-65(53-77(69)110-88)94-99-84(56-24-8-2-9-25-56)89-86(101-94)70-34-16-18-38-78(70)112-89)61-43-49-80-74(51-61)67-44-40-62(54-81(67)111-80)85-90-87(71-35-17-19-39-79(71)113-90)102-95(100-85)64-41-45-68-76(52-64)109-75-37-21-36-72(82(68)75)97-105-91(57-26-10-3-11-27-57)103-92(106-97)58-28-12-4-13-29-58/h1-54H. The third-order valence-corrected chi connectivity index (χ3v) is 24.7. The zero-order valence-corrected chi connectivity index (χ0v) is 62.1. The molecule has 23 aromatic rings. The number of rotatable bonds is 12. The summed E-state index contributed by atoms with van der Waals surface area (Å²) in [5, 5.41) is 8.03. The topological polar surface area (TPSA) is 155 Å². The first kappa shape index (κ1) is 64.5. The normalized spacial score (nSPS) is 11.9. The molecule has 15 heteroatoms. The highest BCUT2D eigenvalue weighted by Gasteiger charge is 2.27. The number of hydrogen-bond donors (Lipinski definition) is 0. The Kier molecular flexibility index (Phi) is 14.9. The first-order valence-corrected chi connectivity index (χ1v) is 39.6. The van der Waals surface area contributed by atoms with Gasteiger partial charge in [0.1, 0.15) is 22.3 Å². The molecule has 0 aliphatic heterocycles. The zero-order chi connectivity index (χ0) is 74.2. The molecule has 0 atom stereocenters. The van der Waals surface area contributed by atoms with E-state index in [4.69, 9.17) is 58.7 Å². The first-order valence-electron chi connectivity index (χ1n) is 37.1. The van der Waals surface area contributed by atoms with Crippen molar-refractivity contribution >= 4 is 139 Å². The van der Waals surface area contributed by atoms with Gasteiger partial charge in [0.25, 0.3) is 0 Å². The zero-order valence-electron chi connectivity index (χ0n) is 59.7. The molecular formula is C98H54N10O2S3. The van der Waals surface area contributed by atoms with Crippen molar-refractivity contribution in [3.8, 4) is 136 Å². The van der Waals surface area contributed by atoms with E-state index in [-0.39, 0.29) is 0 Å². The van der Waals surface area contributed by atoms with E-state index in [1.54, 1.807) is 34.0 Å². The third kappa shape index (κ3) is 11.0. The first-order chi connectivity index (χ1) is 55.9. The molecule has 0 unspecified atom stereocenters. The van der Waals surface area contributed by atoms with Gasteiger partial charge in [-0.2, -0.15) is 0 Å². The summed E-state index contributed by atoms with van der Waals surface area (Å²) in [4.78, 5) is 53.0. The van der Waals surface area contributed by atoms with Crippen molar-refractivity contribution < 1.29 is 8.83 Å². The van der Waals surface area contributed by atoms with E-state index >= 15 is 0 Å². The van der Waals surface area contributed by atoms with E-state index in [2.05, 4.69) is 212 Å². The molecule has 9 heterocycles. The third-order valence-electron chi connectivity index (χ3n) is 21.3. The van der Waals surface area contributed by atoms with Crippen molar-refractivity contribution in [1.29, 1.82) is 0 Å². The molecule has 12 nitrogen and oxygen atoms in total. The number of hydrogen-bond acceptors (Lipinski definition) is 15. The quantitative estimate of drug-likeness (QED) is 0.114. The molecule has 0 radical (unpaired) electrons. The van der Waals surface area contributed by atoms with Gasteiger partial charge in [-0.1, -0.05) is 249 Å². The van der Waals surface area contributed by atoms with Crippen LogP contribution in [0.25, 0.3) is 241 Å². The maximum absolute atomic E-state index is 7.40. The van der Waals surface area contributed by atoms with Crippen LogP contribution in [0.3, 0.4) is 0 Å². The minimum Gasteiger partial charge on any atom is -0.456 e. The van der Waals surface area contributed by atoms with Gasteiger partial charge in [-0.15, -0.1) is 34.0 Å². The van der Waals surface area contributed by atoms with Gasteiger partial charge in [0.15, 0.2) is 46.6 Å². The molecule has 0 amide bonds. The average Bonchev–Trinajstić information content (AvgIpc) is 1.59. The lowest BCUT2D eigenvalue weighted by atomic mass is 9.96. The highest BCUT2D eigenvalue weighted by Crippen LogP contribution is 2.49. The molecule has 0 spiro atoms. The second-order valence-corrected chi connectivity index (χ2v) is 31.2. The Morgan fingerprint density at radius 2 is 0.619 bits per heavy atom. The maximum Gasteiger partial charge on any atom is 0.164 e. The number of furan rings is 2. The minimum atomic E-state index is 0.516. The van der Waals surface area contributed by atoms with Gasteiger partial charge < -0.3 is 8.83 Å². The van der Waals surface area contributed by atoms with Gasteiger partial charge in [0.2, 0.25) is 0 Å². The van der Waals surface area contributed by atoms with Crippen LogP contribution in [0.15, 0.2) is 336 Å². The van der Waals surface area contributed by atoms with E-state index in [9.17, 15) is 0 Å². The SMILES string of the molecule is c1ccc(-c2cccc(-c3nc(-c4ccccc4)nc(-c4ccc(-c5ccc6sc7cc(-c8nc(-c9ccc%10c(c9)oc9cccc(-c%11nc(-c%12ccccc%12)nc(-c%12ccccc%12)n%11)c9%10)nc9c8sc8ccccc89)ccc7c6c5)c5oc6cc(-c7nc(-c8ccccc8)c8sc9ccccc9c8n7)ccc6c45)n3)c2)cc1. The van der Waals surface area contributed by atoms with Gasteiger partial charge in [0.05, 0.1) is 31.8 Å². The molecule has 0 N–H and O–H groups in total. The van der Waals surface area contributed by atoms with Crippen molar-refractivity contribution in [3.63, 3.8) is 0 Å². The molecule has 113 heavy (non-hydrogen) atoms. The molecule has 23 rings (SSSR count). The lowest BCUT2D eigenvalue weighted by molar-refractivity contribution is 0.669. The Morgan fingerprint density at radius 1 is 0.195 bits per heavy atom. The van der Waals surface area contributed by atoms with Crippen LogP contribution >= 0.6 is 34.0 Å². The second kappa shape index (κ2) is 26.1. The van der Waals surface area contributed by atoms with Crippen LogP contribution in [0.1, 0.15) is 0 Å². The van der Waals surface area contributed by atoms with Crippen molar-refractivity contribution in [2.75, 3.05) is 0 Å². The average molecular weight is 1500 g/mol. The molecule has 0 fully saturated rings. The summed E-state index contributed by atoms with van der Waals surface area (Å²) in [6.45, 7) is 0. The fourth-order valence-corrected chi connectivity index (χ4v) is 19.3. The van der Waals surface area contributed by atoms with Crippen LogP contribution in [0.4, 0.5) is 0 Å². The van der Waals surface area contributed by atoms with E-state index in [0.29, 0.717) is 68.9 Å². The van der Waals surface area contributed by atoms with Crippen LogP contribution in [0.5, 0.6) is 0 Å². The van der Waals surface area contributed by atoms with Gasteiger partial charge in [-0.3, -0.25) is 0 Å². The summed E-state index contributed by atoms with van der Waals surface area (Å²) in [5.41, 5.74) is 19.3. The Bertz CT molecular complexity index is 7760. The van der Waals surface area contributed by atoms with Crippen molar-refractivity contribution in [3.05, 3.63) is 328 Å².